The van der Waals surface area contributed by atoms with Gasteiger partial charge < -0.3 is 20.5 Å². The van der Waals surface area contributed by atoms with Crippen molar-refractivity contribution in [3.05, 3.63) is 41.9 Å². The second kappa shape index (κ2) is 8.18. The van der Waals surface area contributed by atoms with Crippen LogP contribution in [0.3, 0.4) is 0 Å². The fourth-order valence-electron chi connectivity index (χ4n) is 4.53. The Morgan fingerprint density at radius 1 is 1.20 bits per heavy atom. The molecule has 1 saturated carbocycles. The largest absolute Gasteiger partial charge is 0.493 e. The molecule has 2 aromatic rings. The van der Waals surface area contributed by atoms with Gasteiger partial charge in [0.15, 0.2) is 9.84 Å². The average Bonchev–Trinajstić information content (AvgIpc) is 3.65. The van der Waals surface area contributed by atoms with Crippen molar-refractivity contribution in [2.24, 2.45) is 16.6 Å². The third-order valence-electron chi connectivity index (χ3n) is 7.13. The summed E-state index contributed by atoms with van der Waals surface area (Å²) in [5.41, 5.74) is 6.14. The van der Waals surface area contributed by atoms with E-state index in [1.807, 2.05) is 0 Å². The molecule has 0 spiro atoms. The molecule has 0 saturated heterocycles. The number of sulfone groups is 1. The summed E-state index contributed by atoms with van der Waals surface area (Å²) in [5.74, 6) is 1.08. The number of benzene rings is 1. The van der Waals surface area contributed by atoms with Crippen LogP contribution in [0.4, 0.5) is 5.69 Å². The third-order valence-corrected chi connectivity index (χ3v) is 10.2. The minimum atomic E-state index is -3.68. The number of nitrogens with one attached hydrogen (secondary N) is 1. The van der Waals surface area contributed by atoms with Crippen molar-refractivity contribution in [2.45, 2.75) is 55.6 Å². The zero-order chi connectivity index (χ0) is 25.0. The molecule has 3 N–H and O–H groups in total. The molecule has 5 rings (SSSR count). The fraction of sp³-hybridized carbons (Fsp3) is 0.500. The quantitative estimate of drug-likeness (QED) is 0.638. The smallest absolute Gasteiger partial charge is 0.275 e. The molecule has 186 valence electrons. The first-order valence-corrected chi connectivity index (χ1v) is 13.2. The predicted octanol–water partition coefficient (Wildman–Crippen LogP) is 2.45. The van der Waals surface area contributed by atoms with Crippen LogP contribution in [0.2, 0.25) is 0 Å². The number of rotatable bonds is 5. The molecule has 0 bridgehead atoms. The minimum Gasteiger partial charge on any atom is -0.493 e. The van der Waals surface area contributed by atoms with Crippen molar-refractivity contribution < 1.29 is 22.7 Å². The molecule has 3 aliphatic rings. The fourth-order valence-corrected chi connectivity index (χ4v) is 6.77. The monoisotopic (exact) mass is 499 g/mol. The first kappa shape index (κ1) is 23.5. The summed E-state index contributed by atoms with van der Waals surface area (Å²) in [4.78, 5) is 25.8. The van der Waals surface area contributed by atoms with Gasteiger partial charge >= 0.3 is 0 Å². The standard InChI is InChI=1S/C24H29N5O5S/c1-23(2)22(25)29-24(3)16-10-15(6-7-18(16)33-9-8-19(24)35(23,31)32)28-21(30)17-11-27-20(12-26-17)34-13-14-4-5-14/h6-7,10-12,14,19H,4-5,8-9,13H2,1-3H3,(H2,25,29)(H,28,30)/t19-,24-/m1/s1. The molecule has 1 fully saturated rings. The molecule has 10 nitrogen and oxygen atoms in total. The van der Waals surface area contributed by atoms with Crippen molar-refractivity contribution in [3.8, 4) is 11.6 Å². The first-order valence-electron chi connectivity index (χ1n) is 11.6. The normalized spacial score (nSPS) is 26.3. The van der Waals surface area contributed by atoms with Gasteiger partial charge in [-0.2, -0.15) is 0 Å². The van der Waals surface area contributed by atoms with Crippen LogP contribution >= 0.6 is 0 Å². The van der Waals surface area contributed by atoms with E-state index in [4.69, 9.17) is 20.2 Å². The molecule has 1 aliphatic carbocycles. The highest BCUT2D eigenvalue weighted by Crippen LogP contribution is 2.48. The zero-order valence-corrected chi connectivity index (χ0v) is 20.8. The lowest BCUT2D eigenvalue weighted by Gasteiger charge is -2.43. The number of carbonyl (C=O) groups is 1. The molecular weight excluding hydrogens is 470 g/mol. The van der Waals surface area contributed by atoms with Crippen molar-refractivity contribution in [3.63, 3.8) is 0 Å². The molecule has 1 aromatic carbocycles. The van der Waals surface area contributed by atoms with Crippen LogP contribution in [0.5, 0.6) is 11.6 Å². The minimum absolute atomic E-state index is 0.0535. The number of fused-ring (bicyclic) bond motifs is 3. The maximum absolute atomic E-state index is 13.5. The van der Waals surface area contributed by atoms with E-state index in [0.29, 0.717) is 35.4 Å². The lowest BCUT2D eigenvalue weighted by molar-refractivity contribution is 0.102. The Balaban J connectivity index is 1.42. The second-order valence-corrected chi connectivity index (χ2v) is 12.7. The lowest BCUT2D eigenvalue weighted by atomic mass is 9.86. The highest BCUT2D eigenvalue weighted by molar-refractivity contribution is 7.94. The van der Waals surface area contributed by atoms with Gasteiger partial charge in [0, 0.05) is 17.7 Å². The SMILES string of the molecule is CC1(C)C(N)=N[C@]2(C)c3cc(NC(=O)c4cnc(OCC5CC5)cn4)ccc3OCC[C@H]2S1(=O)=O. The van der Waals surface area contributed by atoms with Gasteiger partial charge in [0.25, 0.3) is 5.91 Å². The van der Waals surface area contributed by atoms with Crippen LogP contribution in [0.15, 0.2) is 35.6 Å². The average molecular weight is 500 g/mol. The summed E-state index contributed by atoms with van der Waals surface area (Å²) < 4.78 is 37.2. The number of ether oxygens (including phenoxy) is 2. The molecule has 3 heterocycles. The van der Waals surface area contributed by atoms with Gasteiger partial charge in [-0.05, 0) is 57.7 Å². The summed E-state index contributed by atoms with van der Waals surface area (Å²) in [6.45, 7) is 5.74. The Kier molecular flexibility index (Phi) is 5.50. The Bertz CT molecular complexity index is 1300. The van der Waals surface area contributed by atoms with Crippen molar-refractivity contribution in [1.82, 2.24) is 9.97 Å². The predicted molar refractivity (Wildman–Crippen MR) is 131 cm³/mol. The maximum Gasteiger partial charge on any atom is 0.275 e. The Morgan fingerprint density at radius 2 is 1.97 bits per heavy atom. The van der Waals surface area contributed by atoms with E-state index in [0.717, 1.165) is 0 Å². The number of hydrogen-bond donors (Lipinski definition) is 2. The number of hydrogen-bond acceptors (Lipinski definition) is 9. The first-order chi connectivity index (χ1) is 16.5. The maximum atomic E-state index is 13.5. The highest BCUT2D eigenvalue weighted by atomic mass is 32.2. The van der Waals surface area contributed by atoms with Crippen molar-refractivity contribution >= 4 is 27.3 Å². The van der Waals surface area contributed by atoms with E-state index in [9.17, 15) is 13.2 Å². The van der Waals surface area contributed by atoms with Crippen molar-refractivity contribution in [1.29, 1.82) is 0 Å². The van der Waals surface area contributed by atoms with Crippen LogP contribution in [0, 0.1) is 5.92 Å². The molecule has 1 amide bonds. The number of carbonyl (C=O) groups excluding carboxylic acids is 1. The number of amides is 1. The van der Waals surface area contributed by atoms with Gasteiger partial charge in [0.2, 0.25) is 5.88 Å². The van der Waals surface area contributed by atoms with Crippen LogP contribution in [-0.2, 0) is 15.4 Å². The summed E-state index contributed by atoms with van der Waals surface area (Å²) in [6.07, 6.45) is 5.41. The number of nitrogens with two attached hydrogens (primary N) is 1. The molecule has 2 atom stereocenters. The van der Waals surface area contributed by atoms with Crippen LogP contribution in [0.25, 0.3) is 0 Å². The lowest BCUT2D eigenvalue weighted by Crippen LogP contribution is -2.59. The van der Waals surface area contributed by atoms with Crippen LogP contribution in [-0.4, -0.2) is 53.3 Å². The van der Waals surface area contributed by atoms with Gasteiger partial charge in [0.1, 0.15) is 27.6 Å². The summed E-state index contributed by atoms with van der Waals surface area (Å²) in [7, 11) is -3.68. The molecule has 11 heteroatoms. The van der Waals surface area contributed by atoms with Gasteiger partial charge in [-0.15, -0.1) is 0 Å². The summed E-state index contributed by atoms with van der Waals surface area (Å²) in [5, 5.41) is 1.98. The van der Waals surface area contributed by atoms with Crippen LogP contribution < -0.4 is 20.5 Å². The molecule has 0 radical (unpaired) electrons. The number of aromatic nitrogens is 2. The van der Waals surface area contributed by atoms with E-state index >= 15 is 0 Å². The molecule has 1 aromatic heterocycles. The zero-order valence-electron chi connectivity index (χ0n) is 19.9. The van der Waals surface area contributed by atoms with Gasteiger partial charge in [0.05, 0.1) is 30.9 Å². The number of nitrogens with zero attached hydrogens (tertiary/aromatic N) is 3. The van der Waals surface area contributed by atoms with E-state index in [1.165, 1.54) is 25.2 Å². The highest BCUT2D eigenvalue weighted by Gasteiger charge is 2.57. The molecule has 35 heavy (non-hydrogen) atoms. The van der Waals surface area contributed by atoms with E-state index in [1.54, 1.807) is 39.0 Å². The molecule has 0 unspecified atom stereocenters. The second-order valence-electron chi connectivity index (χ2n) is 9.98. The number of aliphatic imine (C=N–C) groups is 1. The number of amidine groups is 1. The number of anilines is 1. The van der Waals surface area contributed by atoms with E-state index in [2.05, 4.69) is 15.3 Å². The summed E-state index contributed by atoms with van der Waals surface area (Å²) >= 11 is 0. The van der Waals surface area contributed by atoms with E-state index < -0.39 is 31.3 Å². The Morgan fingerprint density at radius 3 is 2.66 bits per heavy atom. The van der Waals surface area contributed by atoms with Gasteiger partial charge in [-0.25, -0.2) is 18.4 Å². The third kappa shape index (κ3) is 4.01. The van der Waals surface area contributed by atoms with E-state index in [-0.39, 0.29) is 24.6 Å². The van der Waals surface area contributed by atoms with Gasteiger partial charge in [-0.3, -0.25) is 9.79 Å². The summed E-state index contributed by atoms with van der Waals surface area (Å²) in [6, 6.07) is 5.09. The Labute approximate surface area is 204 Å². The topological polar surface area (TPSA) is 146 Å². The van der Waals surface area contributed by atoms with Crippen LogP contribution in [0.1, 0.15) is 56.1 Å². The molecule has 2 aliphatic heterocycles. The molecular formula is C24H29N5O5S. The Hall–Kier alpha value is -3.21. The van der Waals surface area contributed by atoms with Crippen molar-refractivity contribution in [2.75, 3.05) is 18.5 Å². The van der Waals surface area contributed by atoms with Gasteiger partial charge in [-0.1, -0.05) is 0 Å².